The molecule has 5 nitrogen and oxygen atoms in total. The van der Waals surface area contributed by atoms with Crippen LogP contribution < -0.4 is 5.32 Å². The number of benzene rings is 1. The summed E-state index contributed by atoms with van der Waals surface area (Å²) >= 11 is 0. The van der Waals surface area contributed by atoms with Gasteiger partial charge >= 0.3 is 12.0 Å². The standard InChI is InChI=1S/C13H17FN2O3/c1-3-16(7-6-12(17)18)13(19)15-11-5-4-10(14)8-9(11)2/h4-5,8H,3,6-7H2,1-2H3,(H,15,19)(H,17,18). The van der Waals surface area contributed by atoms with Crippen molar-refractivity contribution in [1.82, 2.24) is 4.90 Å². The summed E-state index contributed by atoms with van der Waals surface area (Å²) in [5, 5.41) is 11.2. The molecule has 0 aliphatic rings. The molecule has 1 aromatic carbocycles. The van der Waals surface area contributed by atoms with Crippen LogP contribution in [0.3, 0.4) is 0 Å². The quantitative estimate of drug-likeness (QED) is 0.861. The van der Waals surface area contributed by atoms with Crippen molar-refractivity contribution >= 4 is 17.7 Å². The molecule has 0 heterocycles. The average molecular weight is 268 g/mol. The van der Waals surface area contributed by atoms with Gasteiger partial charge < -0.3 is 15.3 Å². The lowest BCUT2D eigenvalue weighted by Crippen LogP contribution is -2.36. The van der Waals surface area contributed by atoms with Crippen molar-refractivity contribution in [2.45, 2.75) is 20.3 Å². The molecule has 6 heteroatoms. The number of aryl methyl sites for hydroxylation is 1. The van der Waals surface area contributed by atoms with Crippen LogP contribution in [-0.4, -0.2) is 35.1 Å². The van der Waals surface area contributed by atoms with Gasteiger partial charge in [0.15, 0.2) is 0 Å². The van der Waals surface area contributed by atoms with Gasteiger partial charge in [0.2, 0.25) is 0 Å². The number of amides is 2. The third-order valence-corrected chi connectivity index (χ3v) is 2.69. The zero-order valence-electron chi connectivity index (χ0n) is 10.9. The highest BCUT2D eigenvalue weighted by Crippen LogP contribution is 2.16. The van der Waals surface area contributed by atoms with Gasteiger partial charge in [0.25, 0.3) is 0 Å². The minimum Gasteiger partial charge on any atom is -0.481 e. The number of carboxylic acids is 1. The van der Waals surface area contributed by atoms with E-state index in [0.717, 1.165) is 0 Å². The number of rotatable bonds is 5. The summed E-state index contributed by atoms with van der Waals surface area (Å²) in [6.07, 6.45) is -0.107. The van der Waals surface area contributed by atoms with Crippen LogP contribution in [0.4, 0.5) is 14.9 Å². The molecule has 19 heavy (non-hydrogen) atoms. The first-order valence-corrected chi connectivity index (χ1v) is 5.98. The Balaban J connectivity index is 2.68. The topological polar surface area (TPSA) is 69.6 Å². The third-order valence-electron chi connectivity index (χ3n) is 2.69. The molecule has 0 radical (unpaired) electrons. The molecule has 0 saturated carbocycles. The predicted octanol–water partition coefficient (Wildman–Crippen LogP) is 2.46. The summed E-state index contributed by atoms with van der Waals surface area (Å²) in [4.78, 5) is 23.8. The summed E-state index contributed by atoms with van der Waals surface area (Å²) in [5.41, 5.74) is 1.13. The van der Waals surface area contributed by atoms with Crippen LogP contribution in [0.15, 0.2) is 18.2 Å². The van der Waals surface area contributed by atoms with Gasteiger partial charge in [-0.1, -0.05) is 0 Å². The van der Waals surface area contributed by atoms with E-state index in [4.69, 9.17) is 5.11 Å². The number of carboxylic acid groups (broad SMARTS) is 1. The lowest BCUT2D eigenvalue weighted by atomic mass is 10.2. The Morgan fingerprint density at radius 1 is 1.42 bits per heavy atom. The number of hydrogen-bond donors (Lipinski definition) is 2. The molecule has 0 aliphatic carbocycles. The summed E-state index contributed by atoms with van der Waals surface area (Å²) < 4.78 is 12.9. The first kappa shape index (κ1) is 14.9. The van der Waals surface area contributed by atoms with Crippen molar-refractivity contribution in [3.8, 4) is 0 Å². The number of hydrogen-bond acceptors (Lipinski definition) is 2. The van der Waals surface area contributed by atoms with E-state index in [2.05, 4.69) is 5.32 Å². The van der Waals surface area contributed by atoms with E-state index in [1.807, 2.05) is 0 Å². The van der Waals surface area contributed by atoms with Crippen molar-refractivity contribution < 1.29 is 19.1 Å². The zero-order valence-corrected chi connectivity index (χ0v) is 10.9. The lowest BCUT2D eigenvalue weighted by Gasteiger charge is -2.21. The first-order chi connectivity index (χ1) is 8.93. The van der Waals surface area contributed by atoms with Crippen molar-refractivity contribution in [3.05, 3.63) is 29.6 Å². The largest absolute Gasteiger partial charge is 0.481 e. The lowest BCUT2D eigenvalue weighted by molar-refractivity contribution is -0.137. The van der Waals surface area contributed by atoms with Crippen LogP contribution in [-0.2, 0) is 4.79 Å². The summed E-state index contributed by atoms with van der Waals surface area (Å²) in [6.45, 7) is 3.99. The maximum atomic E-state index is 12.9. The number of carbonyl (C=O) groups excluding carboxylic acids is 1. The molecule has 1 rings (SSSR count). The van der Waals surface area contributed by atoms with Crippen molar-refractivity contribution in [2.75, 3.05) is 18.4 Å². The van der Waals surface area contributed by atoms with Gasteiger partial charge in [-0.15, -0.1) is 0 Å². The molecule has 0 saturated heterocycles. The Hall–Kier alpha value is -2.11. The molecule has 2 N–H and O–H groups in total. The Morgan fingerprint density at radius 2 is 2.11 bits per heavy atom. The minimum absolute atomic E-state index is 0.107. The Morgan fingerprint density at radius 3 is 2.63 bits per heavy atom. The van der Waals surface area contributed by atoms with Crippen molar-refractivity contribution in [1.29, 1.82) is 0 Å². The smallest absolute Gasteiger partial charge is 0.321 e. The van der Waals surface area contributed by atoms with Gasteiger partial charge in [-0.3, -0.25) is 4.79 Å². The molecule has 2 amide bonds. The minimum atomic E-state index is -0.954. The normalized spacial score (nSPS) is 10.1. The second-order valence-corrected chi connectivity index (χ2v) is 4.11. The number of aliphatic carboxylic acids is 1. The average Bonchev–Trinajstić information content (AvgIpc) is 2.33. The zero-order chi connectivity index (χ0) is 14.4. The van der Waals surface area contributed by atoms with E-state index in [1.165, 1.54) is 23.1 Å². The maximum Gasteiger partial charge on any atom is 0.321 e. The van der Waals surface area contributed by atoms with Crippen LogP contribution in [0.2, 0.25) is 0 Å². The SMILES string of the molecule is CCN(CCC(=O)O)C(=O)Nc1ccc(F)cc1C. The van der Waals surface area contributed by atoms with E-state index >= 15 is 0 Å². The van der Waals surface area contributed by atoms with E-state index in [-0.39, 0.29) is 18.8 Å². The summed E-state index contributed by atoms with van der Waals surface area (Å²) in [5.74, 6) is -1.32. The molecule has 1 aromatic rings. The Labute approximate surface area is 111 Å². The maximum absolute atomic E-state index is 12.9. The fourth-order valence-electron chi connectivity index (χ4n) is 1.60. The highest BCUT2D eigenvalue weighted by atomic mass is 19.1. The van der Waals surface area contributed by atoms with Gasteiger partial charge in [-0.2, -0.15) is 0 Å². The molecule has 0 fully saturated rings. The molecule has 0 aromatic heterocycles. The van der Waals surface area contributed by atoms with E-state index in [0.29, 0.717) is 17.8 Å². The molecule has 104 valence electrons. The van der Waals surface area contributed by atoms with Gasteiger partial charge in [0.05, 0.1) is 6.42 Å². The summed E-state index contributed by atoms with van der Waals surface area (Å²) in [6, 6.07) is 3.67. The third kappa shape index (κ3) is 4.57. The van der Waals surface area contributed by atoms with E-state index in [1.54, 1.807) is 13.8 Å². The molecule has 0 atom stereocenters. The number of anilines is 1. The molecular formula is C13H17FN2O3. The number of nitrogens with zero attached hydrogens (tertiary/aromatic N) is 1. The van der Waals surface area contributed by atoms with Crippen LogP contribution in [0.25, 0.3) is 0 Å². The predicted molar refractivity (Wildman–Crippen MR) is 69.7 cm³/mol. The van der Waals surface area contributed by atoms with E-state index < -0.39 is 12.0 Å². The van der Waals surface area contributed by atoms with Crippen molar-refractivity contribution in [2.24, 2.45) is 0 Å². The molecule has 0 unspecified atom stereocenters. The molecule has 0 spiro atoms. The monoisotopic (exact) mass is 268 g/mol. The Kier molecular flexibility index (Phi) is 5.29. The second-order valence-electron chi connectivity index (χ2n) is 4.11. The van der Waals surface area contributed by atoms with E-state index in [9.17, 15) is 14.0 Å². The van der Waals surface area contributed by atoms with Gasteiger partial charge in [-0.25, -0.2) is 9.18 Å². The van der Waals surface area contributed by atoms with Gasteiger partial charge in [0, 0.05) is 18.8 Å². The van der Waals surface area contributed by atoms with Crippen LogP contribution in [0.1, 0.15) is 18.9 Å². The van der Waals surface area contributed by atoms with Crippen LogP contribution in [0.5, 0.6) is 0 Å². The van der Waals surface area contributed by atoms with Gasteiger partial charge in [0.1, 0.15) is 5.82 Å². The summed E-state index contributed by atoms with van der Waals surface area (Å²) in [7, 11) is 0. The molecular weight excluding hydrogens is 251 g/mol. The molecule has 0 aliphatic heterocycles. The van der Waals surface area contributed by atoms with Gasteiger partial charge in [-0.05, 0) is 37.6 Å². The fraction of sp³-hybridized carbons (Fsp3) is 0.385. The second kappa shape index (κ2) is 6.72. The highest BCUT2D eigenvalue weighted by molar-refractivity contribution is 5.90. The fourth-order valence-corrected chi connectivity index (χ4v) is 1.60. The van der Waals surface area contributed by atoms with Crippen LogP contribution >= 0.6 is 0 Å². The highest BCUT2D eigenvalue weighted by Gasteiger charge is 2.14. The first-order valence-electron chi connectivity index (χ1n) is 5.98. The number of carbonyl (C=O) groups is 2. The van der Waals surface area contributed by atoms with Crippen LogP contribution in [0, 0.1) is 12.7 Å². The molecule has 0 bridgehead atoms. The number of urea groups is 1. The number of halogens is 1. The Bertz CT molecular complexity index is 477. The van der Waals surface area contributed by atoms with Crippen molar-refractivity contribution in [3.63, 3.8) is 0 Å². The number of nitrogens with one attached hydrogen (secondary N) is 1.